The van der Waals surface area contributed by atoms with Crippen molar-refractivity contribution in [3.05, 3.63) is 82.9 Å². The first-order chi connectivity index (χ1) is 19.3. The molecule has 11 heteroatoms. The van der Waals surface area contributed by atoms with E-state index in [1.165, 1.54) is 32.3 Å². The Morgan fingerprint density at radius 3 is 2.46 bits per heavy atom. The van der Waals surface area contributed by atoms with Gasteiger partial charge in [-0.15, -0.1) is 12.4 Å². The van der Waals surface area contributed by atoms with E-state index in [0.717, 1.165) is 54.6 Å². The van der Waals surface area contributed by atoms with Gasteiger partial charge >= 0.3 is 0 Å². The van der Waals surface area contributed by atoms with Crippen molar-refractivity contribution in [1.29, 1.82) is 0 Å². The van der Waals surface area contributed by atoms with Gasteiger partial charge in [0.05, 0.1) is 20.8 Å². The van der Waals surface area contributed by atoms with E-state index in [-0.39, 0.29) is 23.2 Å². The number of aryl methyl sites for hydroxylation is 2. The predicted octanol–water partition coefficient (Wildman–Crippen LogP) is 4.64. The maximum atomic E-state index is 13.2. The molecule has 0 radical (unpaired) electrons. The zero-order valence-corrected chi connectivity index (χ0v) is 25.6. The van der Waals surface area contributed by atoms with Crippen molar-refractivity contribution in [2.24, 2.45) is 0 Å². The summed E-state index contributed by atoms with van der Waals surface area (Å²) in [5, 5.41) is 4.06. The summed E-state index contributed by atoms with van der Waals surface area (Å²) in [7, 11) is -3.68. The van der Waals surface area contributed by atoms with E-state index >= 15 is 0 Å². The van der Waals surface area contributed by atoms with Gasteiger partial charge in [-0.25, -0.2) is 13.4 Å². The Bertz CT molecular complexity index is 1670. The summed E-state index contributed by atoms with van der Waals surface area (Å²) < 4.78 is 29.1. The molecular formula is C30H34ClN5O3S2. The largest absolute Gasteiger partial charge is 0.351 e. The number of benzene rings is 3. The summed E-state index contributed by atoms with van der Waals surface area (Å²) >= 11 is 1.76. The van der Waals surface area contributed by atoms with Gasteiger partial charge in [0.25, 0.3) is 15.9 Å². The topological polar surface area (TPSA) is 85.9 Å². The molecule has 0 bridgehead atoms. The minimum Gasteiger partial charge on any atom is -0.351 e. The Balaban J connectivity index is 0.00000337. The highest BCUT2D eigenvalue weighted by Gasteiger charge is 2.30. The number of piperazine rings is 1. The maximum Gasteiger partial charge on any atom is 0.264 e. The van der Waals surface area contributed by atoms with Crippen molar-refractivity contribution < 1.29 is 13.2 Å². The number of nitrogens with zero attached hydrogens (tertiary/aromatic N) is 4. The van der Waals surface area contributed by atoms with Gasteiger partial charge in [-0.3, -0.25) is 14.0 Å². The van der Waals surface area contributed by atoms with Crippen molar-refractivity contribution in [2.75, 3.05) is 55.0 Å². The number of aromatic nitrogens is 1. The van der Waals surface area contributed by atoms with E-state index in [1.807, 2.05) is 24.3 Å². The van der Waals surface area contributed by atoms with Crippen LogP contribution in [0.4, 0.5) is 10.8 Å². The number of fused-ring (bicyclic) bond motifs is 2. The van der Waals surface area contributed by atoms with Gasteiger partial charge < -0.3 is 10.2 Å². The molecular weight excluding hydrogens is 578 g/mol. The molecule has 6 rings (SSSR count). The molecule has 1 amide bonds. The molecule has 0 saturated carbocycles. The lowest BCUT2D eigenvalue weighted by atomic mass is 10.1. The molecule has 41 heavy (non-hydrogen) atoms. The van der Waals surface area contributed by atoms with Crippen LogP contribution in [0.15, 0.2) is 65.6 Å². The monoisotopic (exact) mass is 611 g/mol. The zero-order valence-electron chi connectivity index (χ0n) is 23.2. The van der Waals surface area contributed by atoms with Gasteiger partial charge in [-0.05, 0) is 73.4 Å². The minimum atomic E-state index is -3.68. The standard InChI is InChI=1S/C30H33N5O3S2.ClH/c1-21-19-22(2)28-27(20-21)39-30(32-28)34-17-15-33(16-18-34)14-12-31-29(36)24-7-9-25(10-8-24)40(37,38)35-13-11-23-5-3-4-6-26(23)35;/h3-10,19-20H,11-18H2,1-2H3,(H,31,36);1H. The zero-order chi connectivity index (χ0) is 27.9. The van der Waals surface area contributed by atoms with Crippen LogP contribution in [0.5, 0.6) is 0 Å². The molecule has 2 aliphatic rings. The minimum absolute atomic E-state index is 0. The van der Waals surface area contributed by atoms with Crippen molar-refractivity contribution in [3.8, 4) is 0 Å². The first-order valence-electron chi connectivity index (χ1n) is 13.6. The lowest BCUT2D eigenvalue weighted by Gasteiger charge is -2.34. The van der Waals surface area contributed by atoms with Crippen LogP contribution < -0.4 is 14.5 Å². The Labute approximate surface area is 251 Å². The summed E-state index contributed by atoms with van der Waals surface area (Å²) in [6, 6.07) is 18.2. The number of hydrogen-bond donors (Lipinski definition) is 1. The third-order valence-electron chi connectivity index (χ3n) is 7.72. The molecule has 1 saturated heterocycles. The van der Waals surface area contributed by atoms with Crippen LogP contribution in [0.2, 0.25) is 0 Å². The van der Waals surface area contributed by atoms with Crippen molar-refractivity contribution in [1.82, 2.24) is 15.2 Å². The van der Waals surface area contributed by atoms with E-state index in [9.17, 15) is 13.2 Å². The Hall–Kier alpha value is -3.18. The van der Waals surface area contributed by atoms with Gasteiger partial charge in [-0.1, -0.05) is 35.6 Å². The number of halogens is 1. The molecule has 0 aliphatic carbocycles. The number of rotatable bonds is 7. The SMILES string of the molecule is Cc1cc(C)c2nc(N3CCN(CCNC(=O)c4ccc(S(=O)(=O)N5CCc6ccccc65)cc4)CC3)sc2c1.Cl. The number of hydrogen-bond acceptors (Lipinski definition) is 7. The molecule has 2 aliphatic heterocycles. The number of carbonyl (C=O) groups is 1. The van der Waals surface area contributed by atoms with Crippen LogP contribution in [0.3, 0.4) is 0 Å². The first kappa shape index (κ1) is 29.3. The molecule has 0 spiro atoms. The summed E-state index contributed by atoms with van der Waals surface area (Å²) in [5.41, 5.74) is 5.80. The fraction of sp³-hybridized carbons (Fsp3) is 0.333. The number of sulfonamides is 1. The number of amides is 1. The highest BCUT2D eigenvalue weighted by molar-refractivity contribution is 7.92. The molecule has 3 heterocycles. The smallest absolute Gasteiger partial charge is 0.264 e. The van der Waals surface area contributed by atoms with E-state index in [0.29, 0.717) is 25.1 Å². The number of nitrogens with one attached hydrogen (secondary N) is 1. The summed E-state index contributed by atoms with van der Waals surface area (Å²) in [4.78, 5) is 22.5. The number of para-hydroxylation sites is 1. The van der Waals surface area contributed by atoms with Crippen LogP contribution in [0.1, 0.15) is 27.0 Å². The van der Waals surface area contributed by atoms with E-state index in [4.69, 9.17) is 4.98 Å². The quantitative estimate of drug-likeness (QED) is 0.328. The normalized spacial score (nSPS) is 15.6. The van der Waals surface area contributed by atoms with Gasteiger partial charge in [0.1, 0.15) is 0 Å². The molecule has 4 aromatic rings. The second-order valence-electron chi connectivity index (χ2n) is 10.5. The van der Waals surface area contributed by atoms with Crippen LogP contribution >= 0.6 is 23.7 Å². The van der Waals surface area contributed by atoms with E-state index in [1.54, 1.807) is 23.5 Å². The number of anilines is 2. The molecule has 1 N–H and O–H groups in total. The van der Waals surface area contributed by atoms with Crippen LogP contribution in [-0.4, -0.2) is 70.0 Å². The Morgan fingerprint density at radius 1 is 0.976 bits per heavy atom. The van der Waals surface area contributed by atoms with Gasteiger partial charge in [-0.2, -0.15) is 0 Å². The molecule has 3 aromatic carbocycles. The fourth-order valence-corrected chi connectivity index (χ4v) is 8.25. The Morgan fingerprint density at radius 2 is 1.71 bits per heavy atom. The average molecular weight is 612 g/mol. The molecule has 216 valence electrons. The Kier molecular flexibility index (Phi) is 8.56. The van der Waals surface area contributed by atoms with E-state index < -0.39 is 10.0 Å². The fourth-order valence-electron chi connectivity index (χ4n) is 5.55. The van der Waals surface area contributed by atoms with Gasteiger partial charge in [0.15, 0.2) is 5.13 Å². The first-order valence-corrected chi connectivity index (χ1v) is 15.9. The summed E-state index contributed by atoms with van der Waals surface area (Å²) in [5.74, 6) is -0.200. The molecule has 0 unspecified atom stereocenters. The van der Waals surface area contributed by atoms with Gasteiger partial charge in [0, 0.05) is 51.4 Å². The van der Waals surface area contributed by atoms with Crippen LogP contribution in [0, 0.1) is 13.8 Å². The molecule has 1 fully saturated rings. The van der Waals surface area contributed by atoms with Crippen molar-refractivity contribution in [3.63, 3.8) is 0 Å². The highest BCUT2D eigenvalue weighted by Crippen LogP contribution is 2.33. The molecule has 1 aromatic heterocycles. The third kappa shape index (κ3) is 5.92. The number of thiazole rings is 1. The second-order valence-corrected chi connectivity index (χ2v) is 13.4. The van der Waals surface area contributed by atoms with Crippen LogP contribution in [0.25, 0.3) is 10.2 Å². The molecule has 8 nitrogen and oxygen atoms in total. The highest BCUT2D eigenvalue weighted by atomic mass is 35.5. The predicted molar refractivity (Wildman–Crippen MR) is 168 cm³/mol. The summed E-state index contributed by atoms with van der Waals surface area (Å²) in [6.45, 7) is 9.60. The van der Waals surface area contributed by atoms with Crippen molar-refractivity contribution in [2.45, 2.75) is 25.2 Å². The van der Waals surface area contributed by atoms with E-state index in [2.05, 4.69) is 41.1 Å². The molecule has 0 atom stereocenters. The van der Waals surface area contributed by atoms with Gasteiger partial charge in [0.2, 0.25) is 0 Å². The maximum absolute atomic E-state index is 13.2. The van der Waals surface area contributed by atoms with Crippen molar-refractivity contribution >= 4 is 60.7 Å². The second kappa shape index (κ2) is 12.0. The third-order valence-corrected chi connectivity index (χ3v) is 10.6. The average Bonchev–Trinajstić information content (AvgIpc) is 3.59. The number of carbonyl (C=O) groups excluding carboxylic acids is 1. The lowest BCUT2D eigenvalue weighted by Crippen LogP contribution is -2.48. The van der Waals surface area contributed by atoms with Crippen LogP contribution in [-0.2, 0) is 16.4 Å². The lowest BCUT2D eigenvalue weighted by molar-refractivity contribution is 0.0947. The summed E-state index contributed by atoms with van der Waals surface area (Å²) in [6.07, 6.45) is 0.701.